The fourth-order valence-corrected chi connectivity index (χ4v) is 2.59. The summed E-state index contributed by atoms with van der Waals surface area (Å²) in [6, 6.07) is -0.488. The highest BCUT2D eigenvalue weighted by atomic mass is 16.6. The molecule has 0 spiro atoms. The Bertz CT molecular complexity index is 593. The molecule has 1 atom stereocenters. The van der Waals surface area contributed by atoms with Crippen LogP contribution in [0.25, 0.3) is 0 Å². The SMILES string of the molecule is CC(C)(C)OC(=O)N1CC[C@@H]1C(=O)N1CCCn2nnnc21. The molecule has 1 aromatic rings. The molecule has 0 saturated carbocycles. The lowest BCUT2D eigenvalue weighted by atomic mass is 10.0. The van der Waals surface area contributed by atoms with E-state index in [0.717, 1.165) is 6.42 Å². The predicted octanol–water partition coefficient (Wildman–Crippen LogP) is 0.419. The second kappa shape index (κ2) is 5.22. The Balaban J connectivity index is 1.70. The van der Waals surface area contributed by atoms with E-state index in [0.29, 0.717) is 32.0 Å². The minimum absolute atomic E-state index is 0.146. The summed E-state index contributed by atoms with van der Waals surface area (Å²) < 4.78 is 6.94. The van der Waals surface area contributed by atoms with Gasteiger partial charge in [0.25, 0.3) is 11.9 Å². The van der Waals surface area contributed by atoms with Gasteiger partial charge in [-0.25, -0.2) is 9.48 Å². The number of amides is 2. The van der Waals surface area contributed by atoms with Crippen molar-refractivity contribution in [3.8, 4) is 0 Å². The van der Waals surface area contributed by atoms with E-state index in [4.69, 9.17) is 4.74 Å². The third-order valence-corrected chi connectivity index (χ3v) is 3.70. The van der Waals surface area contributed by atoms with Gasteiger partial charge < -0.3 is 4.74 Å². The number of rotatable bonds is 1. The van der Waals surface area contributed by atoms with Gasteiger partial charge in [0.1, 0.15) is 11.6 Å². The van der Waals surface area contributed by atoms with Gasteiger partial charge in [-0.1, -0.05) is 5.10 Å². The molecule has 2 aliphatic heterocycles. The van der Waals surface area contributed by atoms with E-state index in [1.54, 1.807) is 30.4 Å². The van der Waals surface area contributed by atoms with Crippen LogP contribution in [0.1, 0.15) is 33.6 Å². The first kappa shape index (κ1) is 14.7. The lowest BCUT2D eigenvalue weighted by Crippen LogP contribution is -2.60. The van der Waals surface area contributed by atoms with E-state index in [1.165, 1.54) is 4.90 Å². The maximum Gasteiger partial charge on any atom is 0.410 e. The molecule has 0 bridgehead atoms. The van der Waals surface area contributed by atoms with Crippen molar-refractivity contribution in [2.75, 3.05) is 18.0 Å². The number of tetrazole rings is 1. The highest BCUT2D eigenvalue weighted by Crippen LogP contribution is 2.26. The summed E-state index contributed by atoms with van der Waals surface area (Å²) in [6.45, 7) is 7.22. The number of likely N-dealkylation sites (tertiary alicyclic amines) is 1. The first-order valence-corrected chi connectivity index (χ1v) is 7.44. The summed E-state index contributed by atoms with van der Waals surface area (Å²) in [6.07, 6.45) is 0.979. The summed E-state index contributed by atoms with van der Waals surface area (Å²) >= 11 is 0. The third kappa shape index (κ3) is 2.62. The van der Waals surface area contributed by atoms with Crippen LogP contribution in [0.3, 0.4) is 0 Å². The summed E-state index contributed by atoms with van der Waals surface area (Å²) in [7, 11) is 0. The average molecular weight is 308 g/mol. The minimum atomic E-state index is -0.574. The molecule has 2 aliphatic rings. The van der Waals surface area contributed by atoms with E-state index >= 15 is 0 Å². The molecule has 120 valence electrons. The largest absolute Gasteiger partial charge is 0.444 e. The van der Waals surface area contributed by atoms with Crippen molar-refractivity contribution in [1.29, 1.82) is 0 Å². The molecule has 0 unspecified atom stereocenters. The van der Waals surface area contributed by atoms with Crippen LogP contribution in [0.5, 0.6) is 0 Å². The maximum atomic E-state index is 12.7. The minimum Gasteiger partial charge on any atom is -0.444 e. The van der Waals surface area contributed by atoms with Crippen LogP contribution in [0.2, 0.25) is 0 Å². The molecule has 0 radical (unpaired) electrons. The standard InChI is InChI=1S/C13H20N6O3/c1-13(2,3)22-12(21)17-8-5-9(17)10(20)18-6-4-7-19-11(18)14-15-16-19/h9H,4-8H2,1-3H3/t9-/m1/s1. The summed E-state index contributed by atoms with van der Waals surface area (Å²) in [4.78, 5) is 27.8. The molecule has 0 N–H and O–H groups in total. The fraction of sp³-hybridized carbons (Fsp3) is 0.769. The maximum absolute atomic E-state index is 12.7. The number of aryl methyl sites for hydroxylation is 1. The molecule has 3 rings (SSSR count). The van der Waals surface area contributed by atoms with E-state index in [-0.39, 0.29) is 5.91 Å². The normalized spacial score (nSPS) is 21.1. The average Bonchev–Trinajstić information content (AvgIpc) is 2.82. The van der Waals surface area contributed by atoms with Crippen LogP contribution in [0, 0.1) is 0 Å². The molecule has 0 aromatic carbocycles. The van der Waals surface area contributed by atoms with Crippen molar-refractivity contribution in [1.82, 2.24) is 25.1 Å². The highest BCUT2D eigenvalue weighted by Gasteiger charge is 2.43. The first-order valence-electron chi connectivity index (χ1n) is 7.44. The van der Waals surface area contributed by atoms with Gasteiger partial charge in [-0.05, 0) is 44.0 Å². The quantitative estimate of drug-likeness (QED) is 0.746. The first-order chi connectivity index (χ1) is 10.4. The topological polar surface area (TPSA) is 93.5 Å². The van der Waals surface area contributed by atoms with E-state index in [2.05, 4.69) is 15.5 Å². The van der Waals surface area contributed by atoms with Gasteiger partial charge in [-0.2, -0.15) is 0 Å². The van der Waals surface area contributed by atoms with Gasteiger partial charge in [-0.3, -0.25) is 14.6 Å². The van der Waals surface area contributed by atoms with Gasteiger partial charge in [0.15, 0.2) is 0 Å². The number of carbonyl (C=O) groups excluding carboxylic acids is 2. The molecule has 1 fully saturated rings. The van der Waals surface area contributed by atoms with Gasteiger partial charge in [-0.15, -0.1) is 0 Å². The van der Waals surface area contributed by atoms with Crippen LogP contribution in [0.15, 0.2) is 0 Å². The lowest BCUT2D eigenvalue weighted by molar-refractivity contribution is -0.128. The molecule has 3 heterocycles. The lowest BCUT2D eigenvalue weighted by Gasteiger charge is -2.42. The van der Waals surface area contributed by atoms with Crippen molar-refractivity contribution in [2.24, 2.45) is 0 Å². The Morgan fingerprint density at radius 1 is 1.23 bits per heavy atom. The van der Waals surface area contributed by atoms with Gasteiger partial charge in [0.05, 0.1) is 0 Å². The number of hydrogen-bond donors (Lipinski definition) is 0. The Morgan fingerprint density at radius 2 is 2.00 bits per heavy atom. The Kier molecular flexibility index (Phi) is 3.50. The summed E-state index contributed by atoms with van der Waals surface area (Å²) in [5, 5.41) is 11.4. The Hall–Kier alpha value is -2.19. The van der Waals surface area contributed by atoms with Crippen LogP contribution in [-0.4, -0.2) is 61.8 Å². The number of nitrogens with zero attached hydrogens (tertiary/aromatic N) is 6. The molecule has 9 heteroatoms. The van der Waals surface area contributed by atoms with Crippen LogP contribution in [-0.2, 0) is 16.1 Å². The molecular weight excluding hydrogens is 288 g/mol. The number of ether oxygens (including phenoxy) is 1. The molecule has 22 heavy (non-hydrogen) atoms. The number of fused-ring (bicyclic) bond motifs is 1. The monoisotopic (exact) mass is 308 g/mol. The van der Waals surface area contributed by atoms with E-state index < -0.39 is 17.7 Å². The summed E-state index contributed by atoms with van der Waals surface area (Å²) in [5.41, 5.74) is -0.574. The van der Waals surface area contributed by atoms with Crippen LogP contribution >= 0.6 is 0 Å². The van der Waals surface area contributed by atoms with E-state index in [9.17, 15) is 9.59 Å². The third-order valence-electron chi connectivity index (χ3n) is 3.70. The molecular formula is C13H20N6O3. The molecule has 9 nitrogen and oxygen atoms in total. The summed E-state index contributed by atoms with van der Waals surface area (Å²) in [5.74, 6) is 0.306. The smallest absolute Gasteiger partial charge is 0.410 e. The predicted molar refractivity (Wildman–Crippen MR) is 76.1 cm³/mol. The number of carbonyl (C=O) groups is 2. The second-order valence-corrected chi connectivity index (χ2v) is 6.52. The Labute approximate surface area is 128 Å². The molecule has 1 saturated heterocycles. The zero-order chi connectivity index (χ0) is 15.9. The van der Waals surface area contributed by atoms with Gasteiger partial charge >= 0.3 is 6.09 Å². The second-order valence-electron chi connectivity index (χ2n) is 6.52. The highest BCUT2D eigenvalue weighted by molar-refractivity contribution is 5.98. The van der Waals surface area contributed by atoms with Crippen molar-refractivity contribution in [3.63, 3.8) is 0 Å². The van der Waals surface area contributed by atoms with Crippen molar-refractivity contribution in [2.45, 2.75) is 51.8 Å². The van der Waals surface area contributed by atoms with Crippen molar-refractivity contribution >= 4 is 17.9 Å². The van der Waals surface area contributed by atoms with Crippen molar-refractivity contribution in [3.05, 3.63) is 0 Å². The van der Waals surface area contributed by atoms with Gasteiger partial charge in [0.2, 0.25) is 0 Å². The molecule has 2 amide bonds. The molecule has 1 aromatic heterocycles. The Morgan fingerprint density at radius 3 is 2.64 bits per heavy atom. The zero-order valence-electron chi connectivity index (χ0n) is 13.0. The van der Waals surface area contributed by atoms with Gasteiger partial charge in [0, 0.05) is 19.6 Å². The number of aromatic nitrogens is 4. The van der Waals surface area contributed by atoms with Crippen LogP contribution < -0.4 is 4.90 Å². The van der Waals surface area contributed by atoms with Crippen molar-refractivity contribution < 1.29 is 14.3 Å². The fourth-order valence-electron chi connectivity index (χ4n) is 2.59. The van der Waals surface area contributed by atoms with E-state index in [1.807, 2.05) is 0 Å². The van der Waals surface area contributed by atoms with Crippen LogP contribution in [0.4, 0.5) is 10.7 Å². The zero-order valence-corrected chi connectivity index (χ0v) is 13.0. The number of hydrogen-bond acceptors (Lipinski definition) is 6. The number of anilines is 1. The molecule has 0 aliphatic carbocycles.